The van der Waals surface area contributed by atoms with E-state index in [0.29, 0.717) is 5.92 Å². The molecule has 0 saturated heterocycles. The molecule has 0 bridgehead atoms. The van der Waals surface area contributed by atoms with E-state index < -0.39 is 0 Å². The van der Waals surface area contributed by atoms with Gasteiger partial charge in [0.15, 0.2) is 0 Å². The summed E-state index contributed by atoms with van der Waals surface area (Å²) in [6.45, 7) is 13.4. The van der Waals surface area contributed by atoms with Gasteiger partial charge in [-0.2, -0.15) is 0 Å². The Labute approximate surface area is 336 Å². The van der Waals surface area contributed by atoms with Gasteiger partial charge < -0.3 is 31.3 Å². The van der Waals surface area contributed by atoms with Crippen molar-refractivity contribution < 1.29 is 14.7 Å². The number of amides is 4. The van der Waals surface area contributed by atoms with Crippen molar-refractivity contribution in [3.8, 4) is 0 Å². The number of hydrogen-bond acceptors (Lipinski definition) is 4. The first-order valence-electron chi connectivity index (χ1n) is 23.9. The summed E-state index contributed by atoms with van der Waals surface area (Å²) in [4.78, 5) is 27.2. The molecule has 0 heterocycles. The van der Waals surface area contributed by atoms with Crippen molar-refractivity contribution in [3.05, 3.63) is 0 Å². The zero-order valence-corrected chi connectivity index (χ0v) is 36.6. The van der Waals surface area contributed by atoms with Gasteiger partial charge in [0.2, 0.25) is 0 Å². The van der Waals surface area contributed by atoms with Crippen LogP contribution < -0.4 is 21.3 Å². The Bertz CT molecular complexity index is 771. The van der Waals surface area contributed by atoms with Gasteiger partial charge >= 0.3 is 12.1 Å². The summed E-state index contributed by atoms with van der Waals surface area (Å²) >= 11 is 0. The van der Waals surface area contributed by atoms with Crippen molar-refractivity contribution >= 4 is 12.1 Å². The van der Waals surface area contributed by atoms with Gasteiger partial charge in [0.05, 0.1) is 0 Å². The van der Waals surface area contributed by atoms with Gasteiger partial charge in [0.1, 0.15) is 0 Å². The Balaban J connectivity index is 3.96. The lowest BCUT2D eigenvalue weighted by Crippen LogP contribution is -2.38. The molecule has 0 aromatic rings. The molecular formula is C46H95N5O3. The van der Waals surface area contributed by atoms with Gasteiger partial charge in [-0.05, 0) is 83.3 Å². The predicted molar refractivity (Wildman–Crippen MR) is 235 cm³/mol. The van der Waals surface area contributed by atoms with Crippen molar-refractivity contribution in [2.75, 3.05) is 52.4 Å². The van der Waals surface area contributed by atoms with Crippen molar-refractivity contribution in [3.63, 3.8) is 0 Å². The fraction of sp³-hybridized carbons (Fsp3) is 0.957. The van der Waals surface area contributed by atoms with E-state index in [1.165, 1.54) is 161 Å². The minimum Gasteiger partial charge on any atom is -0.396 e. The van der Waals surface area contributed by atoms with Crippen molar-refractivity contribution in [1.82, 2.24) is 26.2 Å². The third kappa shape index (κ3) is 40.1. The highest BCUT2D eigenvalue weighted by atomic mass is 16.3. The van der Waals surface area contributed by atoms with E-state index in [9.17, 15) is 14.7 Å². The standard InChI is InChI=1S/C46H95N5O3/c1-4-7-10-13-15-16-17-18-20-27-36-47-45(53)48-37-28-21-23-30-39-51(41-32-33-42-52)40-31-24-22-29-38-49-46(54)50-43-44(34-25-12-9-6-3)35-26-19-14-11-8-5-2/h44,52H,4-43H2,1-3H3,(H2,47,48,53)(H2,49,50,54). The number of unbranched alkanes of at least 4 members (excludes halogenated alkanes) is 24. The molecule has 0 fully saturated rings. The normalized spacial score (nSPS) is 11.9. The fourth-order valence-electron chi connectivity index (χ4n) is 7.41. The highest BCUT2D eigenvalue weighted by Gasteiger charge is 2.11. The highest BCUT2D eigenvalue weighted by molar-refractivity contribution is 5.74. The van der Waals surface area contributed by atoms with E-state index in [-0.39, 0.29) is 18.7 Å². The lowest BCUT2D eigenvalue weighted by Gasteiger charge is -2.22. The maximum atomic E-state index is 12.5. The Morgan fingerprint density at radius 2 is 0.722 bits per heavy atom. The van der Waals surface area contributed by atoms with Crippen molar-refractivity contribution in [1.29, 1.82) is 0 Å². The predicted octanol–water partition coefficient (Wildman–Crippen LogP) is 12.0. The minimum absolute atomic E-state index is 0.00481. The van der Waals surface area contributed by atoms with Gasteiger partial charge in [-0.1, -0.05) is 168 Å². The van der Waals surface area contributed by atoms with Crippen LogP contribution in [0.2, 0.25) is 0 Å². The molecule has 0 aliphatic carbocycles. The maximum absolute atomic E-state index is 12.5. The Morgan fingerprint density at radius 1 is 0.407 bits per heavy atom. The molecule has 0 aliphatic heterocycles. The monoisotopic (exact) mass is 766 g/mol. The van der Waals surface area contributed by atoms with Crippen LogP contribution in [0.4, 0.5) is 9.59 Å². The van der Waals surface area contributed by atoms with E-state index in [1.54, 1.807) is 0 Å². The summed E-state index contributed by atoms with van der Waals surface area (Å²) in [5, 5.41) is 21.6. The molecular weight excluding hydrogens is 671 g/mol. The molecule has 1 unspecified atom stereocenters. The zero-order chi connectivity index (χ0) is 39.4. The van der Waals surface area contributed by atoms with Gasteiger partial charge in [0, 0.05) is 32.8 Å². The quantitative estimate of drug-likeness (QED) is 0.0399. The number of nitrogens with one attached hydrogen (secondary N) is 4. The zero-order valence-electron chi connectivity index (χ0n) is 36.6. The number of carbonyl (C=O) groups excluding carboxylic acids is 2. The molecule has 8 nitrogen and oxygen atoms in total. The van der Waals surface area contributed by atoms with Crippen molar-refractivity contribution in [2.45, 2.75) is 226 Å². The number of hydrogen-bond donors (Lipinski definition) is 5. The SMILES string of the molecule is CCCCCCCCCCCCNC(=O)NCCCCCCN(CCCCO)CCCCCCNC(=O)NCC(CCCCCC)CCCCCCCC. The van der Waals surface area contributed by atoms with E-state index >= 15 is 0 Å². The molecule has 0 aromatic heterocycles. The van der Waals surface area contributed by atoms with Crippen LogP contribution in [0.3, 0.4) is 0 Å². The van der Waals surface area contributed by atoms with Crippen LogP contribution in [0.15, 0.2) is 0 Å². The van der Waals surface area contributed by atoms with Crippen molar-refractivity contribution in [2.24, 2.45) is 5.92 Å². The van der Waals surface area contributed by atoms with Gasteiger partial charge in [-0.15, -0.1) is 0 Å². The van der Waals surface area contributed by atoms with E-state index in [1.807, 2.05) is 0 Å². The summed E-state index contributed by atoms with van der Waals surface area (Å²) in [5.74, 6) is 0.609. The second-order valence-corrected chi connectivity index (χ2v) is 16.4. The Morgan fingerprint density at radius 3 is 1.13 bits per heavy atom. The topological polar surface area (TPSA) is 106 Å². The van der Waals surface area contributed by atoms with Crippen LogP contribution in [0.1, 0.15) is 226 Å². The number of aliphatic hydroxyl groups is 1. The number of urea groups is 2. The number of rotatable bonds is 43. The molecule has 0 aromatic carbocycles. The first-order valence-corrected chi connectivity index (χ1v) is 23.9. The number of aliphatic hydroxyl groups excluding tert-OH is 1. The average Bonchev–Trinajstić information content (AvgIpc) is 3.17. The molecule has 0 rings (SSSR count). The molecule has 0 saturated carbocycles. The van der Waals surface area contributed by atoms with Crippen LogP contribution in [-0.2, 0) is 0 Å². The van der Waals surface area contributed by atoms with Gasteiger partial charge in [-0.25, -0.2) is 9.59 Å². The highest BCUT2D eigenvalue weighted by Crippen LogP contribution is 2.18. The molecule has 8 heteroatoms. The molecule has 1 atom stereocenters. The summed E-state index contributed by atoms with van der Waals surface area (Å²) in [5.41, 5.74) is 0. The van der Waals surface area contributed by atoms with E-state index in [4.69, 9.17) is 0 Å². The first-order chi connectivity index (χ1) is 26.6. The van der Waals surface area contributed by atoms with Crippen LogP contribution >= 0.6 is 0 Å². The second kappa shape index (κ2) is 44.2. The third-order valence-electron chi connectivity index (χ3n) is 11.1. The van der Waals surface area contributed by atoms with E-state index in [0.717, 1.165) is 90.8 Å². The molecule has 0 radical (unpaired) electrons. The van der Waals surface area contributed by atoms with Crippen LogP contribution in [0.25, 0.3) is 0 Å². The van der Waals surface area contributed by atoms with E-state index in [2.05, 4.69) is 46.9 Å². The summed E-state index contributed by atoms with van der Waals surface area (Å²) in [7, 11) is 0. The Kier molecular flexibility index (Phi) is 42.9. The fourth-order valence-corrected chi connectivity index (χ4v) is 7.41. The van der Waals surface area contributed by atoms with Gasteiger partial charge in [-0.3, -0.25) is 0 Å². The molecule has 0 aliphatic rings. The number of carbonyl (C=O) groups is 2. The minimum atomic E-state index is -0.0178. The summed E-state index contributed by atoms with van der Waals surface area (Å²) in [6, 6.07) is -0.0130. The van der Waals surface area contributed by atoms with Crippen LogP contribution in [-0.4, -0.2) is 74.5 Å². The molecule has 322 valence electrons. The third-order valence-corrected chi connectivity index (χ3v) is 11.1. The molecule has 54 heavy (non-hydrogen) atoms. The smallest absolute Gasteiger partial charge is 0.314 e. The molecule has 5 N–H and O–H groups in total. The van der Waals surface area contributed by atoms with Crippen LogP contribution in [0.5, 0.6) is 0 Å². The summed E-state index contributed by atoms with van der Waals surface area (Å²) in [6.07, 6.45) is 39.8. The van der Waals surface area contributed by atoms with Gasteiger partial charge in [0.25, 0.3) is 0 Å². The first kappa shape index (κ1) is 52.5. The molecule has 4 amide bonds. The Hall–Kier alpha value is -1.54. The molecule has 0 spiro atoms. The second-order valence-electron chi connectivity index (χ2n) is 16.4. The summed E-state index contributed by atoms with van der Waals surface area (Å²) < 4.78 is 0. The maximum Gasteiger partial charge on any atom is 0.314 e. The largest absolute Gasteiger partial charge is 0.396 e. The lowest BCUT2D eigenvalue weighted by atomic mass is 9.94. The lowest BCUT2D eigenvalue weighted by molar-refractivity contribution is 0.233. The number of nitrogens with zero attached hydrogens (tertiary/aromatic N) is 1. The average molecular weight is 766 g/mol. The van der Waals surface area contributed by atoms with Crippen LogP contribution in [0, 0.1) is 5.92 Å².